The number of para-hydroxylation sites is 1. The first-order valence-electron chi connectivity index (χ1n) is 8.47. The number of aromatic nitrogens is 1. The molecular weight excluding hydrogens is 342 g/mol. The Morgan fingerprint density at radius 3 is 2.59 bits per heavy atom. The van der Waals surface area contributed by atoms with E-state index in [1.54, 1.807) is 50.7 Å². The van der Waals surface area contributed by atoms with E-state index >= 15 is 0 Å². The van der Waals surface area contributed by atoms with Crippen LogP contribution in [0, 0.1) is 0 Å². The zero-order valence-corrected chi connectivity index (χ0v) is 15.2. The largest absolute Gasteiger partial charge is 0.497 e. The van der Waals surface area contributed by atoms with Gasteiger partial charge in [-0.2, -0.15) is 0 Å². The average Bonchev–Trinajstić information content (AvgIpc) is 2.73. The van der Waals surface area contributed by atoms with E-state index in [0.717, 1.165) is 17.0 Å². The predicted octanol–water partition coefficient (Wildman–Crippen LogP) is 3.96. The van der Waals surface area contributed by atoms with Crippen molar-refractivity contribution in [2.24, 2.45) is 0 Å². The molecule has 6 nitrogen and oxygen atoms in total. The fourth-order valence-corrected chi connectivity index (χ4v) is 2.57. The van der Waals surface area contributed by atoms with E-state index in [2.05, 4.69) is 15.6 Å². The monoisotopic (exact) mass is 363 g/mol. The summed E-state index contributed by atoms with van der Waals surface area (Å²) < 4.78 is 10.5. The number of hydrogen-bond acceptors (Lipinski definition) is 5. The zero-order chi connectivity index (χ0) is 19.1. The number of carbonyl (C=O) groups excluding carboxylic acids is 1. The molecule has 3 aromatic rings. The van der Waals surface area contributed by atoms with Crippen LogP contribution in [0.2, 0.25) is 0 Å². The number of anilines is 2. The summed E-state index contributed by atoms with van der Waals surface area (Å²) in [5.74, 6) is 1.70. The third kappa shape index (κ3) is 4.76. The molecule has 0 spiro atoms. The number of benzene rings is 2. The summed E-state index contributed by atoms with van der Waals surface area (Å²) in [5, 5.41) is 6.07. The Bertz CT molecular complexity index is 911. The molecule has 0 aliphatic rings. The van der Waals surface area contributed by atoms with Crippen LogP contribution in [-0.2, 0) is 6.54 Å². The predicted molar refractivity (Wildman–Crippen MR) is 106 cm³/mol. The number of amides is 1. The molecule has 138 valence electrons. The minimum absolute atomic E-state index is 0.240. The molecule has 2 aromatic carbocycles. The zero-order valence-electron chi connectivity index (χ0n) is 15.2. The maximum atomic E-state index is 12.3. The maximum absolute atomic E-state index is 12.3. The summed E-state index contributed by atoms with van der Waals surface area (Å²) in [4.78, 5) is 16.6. The molecule has 2 N–H and O–H groups in total. The fraction of sp³-hybridized carbons (Fsp3) is 0.143. The molecule has 1 heterocycles. The van der Waals surface area contributed by atoms with Gasteiger partial charge >= 0.3 is 0 Å². The van der Waals surface area contributed by atoms with Gasteiger partial charge in [0.2, 0.25) is 0 Å². The van der Waals surface area contributed by atoms with Crippen LogP contribution in [0.15, 0.2) is 66.9 Å². The van der Waals surface area contributed by atoms with Gasteiger partial charge in [-0.25, -0.2) is 4.98 Å². The molecule has 0 aliphatic carbocycles. The molecule has 0 atom stereocenters. The highest BCUT2D eigenvalue weighted by atomic mass is 16.5. The summed E-state index contributed by atoms with van der Waals surface area (Å²) in [7, 11) is 3.22. The quantitative estimate of drug-likeness (QED) is 0.665. The minimum Gasteiger partial charge on any atom is -0.497 e. The van der Waals surface area contributed by atoms with Gasteiger partial charge < -0.3 is 20.1 Å². The lowest BCUT2D eigenvalue weighted by Crippen LogP contribution is -2.13. The molecule has 6 heteroatoms. The molecule has 0 fully saturated rings. The smallest absolute Gasteiger partial charge is 0.256 e. The van der Waals surface area contributed by atoms with Gasteiger partial charge in [-0.05, 0) is 36.4 Å². The first kappa shape index (κ1) is 18.3. The summed E-state index contributed by atoms with van der Waals surface area (Å²) >= 11 is 0. The molecule has 3 rings (SSSR count). The lowest BCUT2D eigenvalue weighted by Gasteiger charge is -2.11. The number of nitrogens with one attached hydrogen (secondary N) is 2. The molecular formula is C21H21N3O3. The van der Waals surface area contributed by atoms with Crippen molar-refractivity contribution in [1.82, 2.24) is 4.98 Å². The summed E-state index contributed by atoms with van der Waals surface area (Å²) in [5.41, 5.74) is 2.41. The lowest BCUT2D eigenvalue weighted by atomic mass is 10.2. The molecule has 0 saturated carbocycles. The average molecular weight is 363 g/mol. The van der Waals surface area contributed by atoms with Crippen molar-refractivity contribution in [3.63, 3.8) is 0 Å². The standard InChI is InChI=1S/C21H21N3O3/c1-26-18-8-5-7-15(12-18)21(25)24-20-11-10-17(14-23-20)22-13-16-6-3-4-9-19(16)27-2/h3-12,14,22H,13H2,1-2H3,(H,23,24,25). The Kier molecular flexibility index (Phi) is 5.89. The highest BCUT2D eigenvalue weighted by Gasteiger charge is 2.08. The van der Waals surface area contributed by atoms with E-state index in [1.807, 2.05) is 30.3 Å². The van der Waals surface area contributed by atoms with E-state index in [-0.39, 0.29) is 5.91 Å². The highest BCUT2D eigenvalue weighted by Crippen LogP contribution is 2.19. The van der Waals surface area contributed by atoms with E-state index in [9.17, 15) is 4.79 Å². The molecule has 1 amide bonds. The van der Waals surface area contributed by atoms with Gasteiger partial charge in [-0.3, -0.25) is 4.79 Å². The van der Waals surface area contributed by atoms with Crippen molar-refractivity contribution in [1.29, 1.82) is 0 Å². The summed E-state index contributed by atoms with van der Waals surface area (Å²) in [6.07, 6.45) is 1.68. The highest BCUT2D eigenvalue weighted by molar-refractivity contribution is 6.04. The van der Waals surface area contributed by atoms with Crippen LogP contribution in [0.3, 0.4) is 0 Å². The first-order chi connectivity index (χ1) is 13.2. The van der Waals surface area contributed by atoms with E-state index in [4.69, 9.17) is 9.47 Å². The molecule has 0 saturated heterocycles. The number of carbonyl (C=O) groups is 1. The number of hydrogen-bond donors (Lipinski definition) is 2. The lowest BCUT2D eigenvalue weighted by molar-refractivity contribution is 0.102. The van der Waals surface area contributed by atoms with Crippen LogP contribution in [0.1, 0.15) is 15.9 Å². The van der Waals surface area contributed by atoms with Crippen LogP contribution in [0.25, 0.3) is 0 Å². The van der Waals surface area contributed by atoms with Crippen molar-refractivity contribution in [2.75, 3.05) is 24.9 Å². The number of pyridine rings is 1. The Balaban J connectivity index is 1.60. The second-order valence-electron chi connectivity index (χ2n) is 5.78. The van der Waals surface area contributed by atoms with Gasteiger partial charge in [-0.1, -0.05) is 24.3 Å². The second-order valence-corrected chi connectivity index (χ2v) is 5.78. The maximum Gasteiger partial charge on any atom is 0.256 e. The van der Waals surface area contributed by atoms with Crippen LogP contribution in [0.4, 0.5) is 11.5 Å². The van der Waals surface area contributed by atoms with Crippen molar-refractivity contribution in [2.45, 2.75) is 6.54 Å². The summed E-state index contributed by atoms with van der Waals surface area (Å²) in [6.45, 7) is 0.612. The Morgan fingerprint density at radius 2 is 1.85 bits per heavy atom. The van der Waals surface area contributed by atoms with E-state index in [1.165, 1.54) is 0 Å². The first-order valence-corrected chi connectivity index (χ1v) is 8.47. The molecule has 0 bridgehead atoms. The van der Waals surface area contributed by atoms with Crippen LogP contribution in [-0.4, -0.2) is 25.1 Å². The summed E-state index contributed by atoms with van der Waals surface area (Å²) in [6, 6.07) is 18.4. The van der Waals surface area contributed by atoms with Gasteiger partial charge in [0.15, 0.2) is 0 Å². The number of rotatable bonds is 7. The fourth-order valence-electron chi connectivity index (χ4n) is 2.57. The molecule has 0 aliphatic heterocycles. The minimum atomic E-state index is -0.240. The van der Waals surface area contributed by atoms with Crippen molar-refractivity contribution >= 4 is 17.4 Å². The van der Waals surface area contributed by atoms with Gasteiger partial charge in [0.25, 0.3) is 5.91 Å². The van der Waals surface area contributed by atoms with E-state index in [0.29, 0.717) is 23.7 Å². The normalized spacial score (nSPS) is 10.1. The van der Waals surface area contributed by atoms with Gasteiger partial charge in [-0.15, -0.1) is 0 Å². The van der Waals surface area contributed by atoms with Crippen molar-refractivity contribution in [3.8, 4) is 11.5 Å². The Morgan fingerprint density at radius 1 is 1.00 bits per heavy atom. The SMILES string of the molecule is COc1cccc(C(=O)Nc2ccc(NCc3ccccc3OC)cn2)c1. The van der Waals surface area contributed by atoms with Crippen LogP contribution in [0.5, 0.6) is 11.5 Å². The number of nitrogens with zero attached hydrogens (tertiary/aromatic N) is 1. The van der Waals surface area contributed by atoms with Crippen LogP contribution < -0.4 is 20.1 Å². The molecule has 27 heavy (non-hydrogen) atoms. The number of methoxy groups -OCH3 is 2. The molecule has 1 aromatic heterocycles. The van der Waals surface area contributed by atoms with E-state index < -0.39 is 0 Å². The van der Waals surface area contributed by atoms with Gasteiger partial charge in [0.1, 0.15) is 17.3 Å². The van der Waals surface area contributed by atoms with Crippen molar-refractivity contribution < 1.29 is 14.3 Å². The van der Waals surface area contributed by atoms with Crippen LogP contribution >= 0.6 is 0 Å². The van der Waals surface area contributed by atoms with Crippen molar-refractivity contribution in [3.05, 3.63) is 78.0 Å². The molecule has 0 radical (unpaired) electrons. The number of ether oxygens (including phenoxy) is 2. The third-order valence-electron chi connectivity index (χ3n) is 4.01. The second kappa shape index (κ2) is 8.71. The topological polar surface area (TPSA) is 72.5 Å². The molecule has 0 unspecified atom stereocenters. The Labute approximate surface area is 158 Å². The van der Waals surface area contributed by atoms with Gasteiger partial charge in [0, 0.05) is 17.7 Å². The Hall–Kier alpha value is -3.54. The van der Waals surface area contributed by atoms with Gasteiger partial charge in [0.05, 0.1) is 26.1 Å². The third-order valence-corrected chi connectivity index (χ3v) is 4.01.